The number of aromatic carboxylic acids is 1. The average molecular weight is 841 g/mol. The summed E-state index contributed by atoms with van der Waals surface area (Å²) in [6.07, 6.45) is 6.46. The molecule has 0 spiro atoms. The average Bonchev–Trinajstić information content (AvgIpc) is 3.72. The largest absolute Gasteiger partial charge is 0.476 e. The van der Waals surface area contributed by atoms with Crippen LogP contribution in [0.2, 0.25) is 0 Å². The van der Waals surface area contributed by atoms with Crippen molar-refractivity contribution in [3.63, 3.8) is 0 Å². The molecule has 1 aromatic heterocycles. The number of carbonyl (C=O) groups excluding carboxylic acids is 7. The Morgan fingerprint density at radius 2 is 1.52 bits per heavy atom. The van der Waals surface area contributed by atoms with E-state index in [0.717, 1.165) is 31.0 Å². The Bertz CT molecular complexity index is 2050. The monoisotopic (exact) mass is 840 g/mol. The number of ketones is 1. The van der Waals surface area contributed by atoms with Gasteiger partial charge in [0.05, 0.1) is 25.3 Å². The number of likely N-dealkylation sites (tertiary alicyclic amines) is 1. The van der Waals surface area contributed by atoms with Crippen molar-refractivity contribution in [2.45, 2.75) is 102 Å². The van der Waals surface area contributed by atoms with Gasteiger partial charge in [0.15, 0.2) is 11.4 Å². The van der Waals surface area contributed by atoms with Crippen LogP contribution in [-0.4, -0.2) is 104 Å². The molecule has 1 saturated carbocycles. The predicted octanol–water partition coefficient (Wildman–Crippen LogP) is 1.74. The lowest BCUT2D eigenvalue weighted by Crippen LogP contribution is -2.58. The fourth-order valence-electron chi connectivity index (χ4n) is 7.62. The van der Waals surface area contributed by atoms with Gasteiger partial charge >= 0.3 is 5.97 Å². The number of benzene rings is 2. The van der Waals surface area contributed by atoms with E-state index in [9.17, 15) is 43.5 Å². The van der Waals surface area contributed by atoms with Crippen LogP contribution in [0.5, 0.6) is 0 Å². The van der Waals surface area contributed by atoms with Gasteiger partial charge in [-0.25, -0.2) is 14.8 Å². The van der Waals surface area contributed by atoms with Crippen molar-refractivity contribution in [3.05, 3.63) is 95.6 Å². The number of hydrogen-bond donors (Lipinski definition) is 6. The Labute approximate surface area is 352 Å². The van der Waals surface area contributed by atoms with E-state index in [4.69, 9.17) is 10.5 Å². The molecule has 1 aliphatic heterocycles. The maximum atomic E-state index is 14.7. The third kappa shape index (κ3) is 12.5. The molecule has 1 saturated heterocycles. The van der Waals surface area contributed by atoms with Crippen LogP contribution in [0.15, 0.2) is 73.1 Å². The van der Waals surface area contributed by atoms with E-state index in [2.05, 4.69) is 31.2 Å². The highest BCUT2D eigenvalue weighted by molar-refractivity contribution is 6.38. The molecule has 2 fully saturated rings. The maximum absolute atomic E-state index is 14.7. The fourth-order valence-corrected chi connectivity index (χ4v) is 7.62. The summed E-state index contributed by atoms with van der Waals surface area (Å²) in [7, 11) is 0. The summed E-state index contributed by atoms with van der Waals surface area (Å²) in [5.41, 5.74) is 5.71. The molecule has 2 heterocycles. The minimum absolute atomic E-state index is 0.0204. The molecule has 1 aliphatic carbocycles. The molecule has 2 aliphatic rings. The van der Waals surface area contributed by atoms with Crippen LogP contribution in [0, 0.1) is 5.92 Å². The zero-order chi connectivity index (χ0) is 43.9. The van der Waals surface area contributed by atoms with Gasteiger partial charge in [0.1, 0.15) is 18.1 Å². The molecule has 2 aromatic carbocycles. The van der Waals surface area contributed by atoms with Crippen LogP contribution >= 0.6 is 0 Å². The minimum Gasteiger partial charge on any atom is -0.476 e. The molecule has 7 N–H and O–H groups in total. The second-order valence-electron chi connectivity index (χ2n) is 15.1. The number of carboxylic acids is 1. The van der Waals surface area contributed by atoms with E-state index in [1.54, 1.807) is 30.3 Å². The fraction of sp³-hybridized carbons (Fsp3) is 0.442. The first-order valence-corrected chi connectivity index (χ1v) is 20.4. The van der Waals surface area contributed by atoms with Crippen LogP contribution < -0.4 is 27.0 Å². The molecule has 3 aromatic rings. The molecule has 18 heteroatoms. The van der Waals surface area contributed by atoms with Crippen molar-refractivity contribution in [2.24, 2.45) is 11.7 Å². The Kier molecular flexibility index (Phi) is 16.5. The number of primary amides is 1. The van der Waals surface area contributed by atoms with E-state index in [0.29, 0.717) is 31.2 Å². The molecule has 324 valence electrons. The van der Waals surface area contributed by atoms with Crippen LogP contribution in [0.3, 0.4) is 0 Å². The zero-order valence-electron chi connectivity index (χ0n) is 33.9. The van der Waals surface area contributed by atoms with Gasteiger partial charge in [0.25, 0.3) is 11.8 Å². The first kappa shape index (κ1) is 45.5. The van der Waals surface area contributed by atoms with Crippen LogP contribution in [0.4, 0.5) is 0 Å². The molecule has 0 bridgehead atoms. The maximum Gasteiger partial charge on any atom is 0.356 e. The van der Waals surface area contributed by atoms with E-state index in [1.807, 2.05) is 37.3 Å². The van der Waals surface area contributed by atoms with Gasteiger partial charge in [-0.2, -0.15) is 0 Å². The molecule has 5 atom stereocenters. The van der Waals surface area contributed by atoms with Gasteiger partial charge in [0, 0.05) is 25.4 Å². The Hall–Kier alpha value is -6.56. The summed E-state index contributed by atoms with van der Waals surface area (Å²) >= 11 is 0. The second kappa shape index (κ2) is 22.2. The number of Topliss-reactive ketones (excluding diaryl/α,β-unsaturated/α-hetero) is 1. The van der Waals surface area contributed by atoms with Gasteiger partial charge in [0.2, 0.25) is 29.4 Å². The topological polar surface area (TPSA) is 269 Å². The molecule has 18 nitrogen and oxygen atoms in total. The predicted molar refractivity (Wildman–Crippen MR) is 218 cm³/mol. The van der Waals surface area contributed by atoms with Gasteiger partial charge in [-0.3, -0.25) is 33.6 Å². The molecule has 61 heavy (non-hydrogen) atoms. The number of nitrogens with zero attached hydrogens (tertiary/aromatic N) is 3. The number of nitrogens with two attached hydrogens (primary N) is 1. The number of hydrogen-bond acceptors (Lipinski definition) is 11. The molecule has 0 radical (unpaired) electrons. The van der Waals surface area contributed by atoms with Gasteiger partial charge in [-0.05, 0) is 36.3 Å². The molecule has 6 amide bonds. The smallest absolute Gasteiger partial charge is 0.356 e. The van der Waals surface area contributed by atoms with E-state index in [1.165, 1.54) is 11.1 Å². The van der Waals surface area contributed by atoms with Gasteiger partial charge in [-0.15, -0.1) is 0 Å². The van der Waals surface area contributed by atoms with E-state index >= 15 is 0 Å². The summed E-state index contributed by atoms with van der Waals surface area (Å²) in [5.74, 6) is -7.88. The minimum atomic E-state index is -1.47. The third-order valence-corrected chi connectivity index (χ3v) is 10.8. The summed E-state index contributed by atoms with van der Waals surface area (Å²) < 4.78 is 6.21. The number of amides is 6. The quantitative estimate of drug-likeness (QED) is 0.0889. The van der Waals surface area contributed by atoms with Gasteiger partial charge in [-0.1, -0.05) is 99.7 Å². The number of unbranched alkanes of at least 4 members (excludes halogenated alkanes) is 1. The van der Waals surface area contributed by atoms with Crippen molar-refractivity contribution in [1.29, 1.82) is 0 Å². The highest BCUT2D eigenvalue weighted by Gasteiger charge is 2.45. The second-order valence-corrected chi connectivity index (χ2v) is 15.1. The number of ether oxygens (including phenoxy) is 1. The number of rotatable bonds is 20. The molecule has 5 rings (SSSR count). The highest BCUT2D eigenvalue weighted by atomic mass is 16.5. The standard InChI is InChI=1S/C43H52N8O10/c1-2-3-19-30(37(53)41(57)47-23-32(52)49-33(38(44)54)27-15-9-5-10-16-27)48-39(55)31-22-29(61-25-26-13-7-4-8-14-26)24-51(31)42(58)34(28-17-11-6-12-18-28)50-40(56)35-36(43(59)60)46-21-20-45-35/h4-5,7-10,13-16,20-21,28-31,33-34H,2-3,6,11-12,17-19,22-25H2,1H3,(H2,44,54)(H,47,57)(H,48,55)(H,49,52)(H,50,56)(H,59,60)/t29-,30?,31+,33?,34?/m1/s1. The van der Waals surface area contributed by atoms with Crippen molar-refractivity contribution < 1.29 is 48.2 Å². The zero-order valence-corrected chi connectivity index (χ0v) is 33.9. The number of carboxylic acid groups (broad SMARTS) is 1. The van der Waals surface area contributed by atoms with Gasteiger partial charge < -0.3 is 41.7 Å². The molecular weight excluding hydrogens is 789 g/mol. The van der Waals surface area contributed by atoms with Crippen molar-refractivity contribution in [1.82, 2.24) is 36.1 Å². The summed E-state index contributed by atoms with van der Waals surface area (Å²) in [6, 6.07) is 12.6. The Morgan fingerprint density at radius 1 is 0.869 bits per heavy atom. The molecular formula is C43H52N8O10. The third-order valence-electron chi connectivity index (χ3n) is 10.8. The number of nitrogens with one attached hydrogen (secondary N) is 4. The summed E-state index contributed by atoms with van der Waals surface area (Å²) in [5, 5.41) is 19.8. The lowest BCUT2D eigenvalue weighted by atomic mass is 9.83. The first-order chi connectivity index (χ1) is 29.4. The number of carbonyl (C=O) groups is 8. The summed E-state index contributed by atoms with van der Waals surface area (Å²) in [6.45, 7) is 1.32. The lowest BCUT2D eigenvalue weighted by molar-refractivity contribution is -0.143. The van der Waals surface area contributed by atoms with Crippen molar-refractivity contribution in [3.8, 4) is 0 Å². The van der Waals surface area contributed by atoms with E-state index < -0.39 is 95.4 Å². The van der Waals surface area contributed by atoms with Crippen LogP contribution in [0.1, 0.15) is 103 Å². The van der Waals surface area contributed by atoms with Crippen LogP contribution in [0.25, 0.3) is 0 Å². The Morgan fingerprint density at radius 3 is 2.16 bits per heavy atom. The normalized spacial score (nSPS) is 17.9. The lowest BCUT2D eigenvalue weighted by Gasteiger charge is -2.34. The van der Waals surface area contributed by atoms with Crippen molar-refractivity contribution >= 4 is 47.2 Å². The van der Waals surface area contributed by atoms with E-state index in [-0.39, 0.29) is 31.9 Å². The van der Waals surface area contributed by atoms with Crippen LogP contribution in [-0.2, 0) is 40.1 Å². The SMILES string of the molecule is CCCCC(NC(=O)[C@@H]1C[C@@H](OCc2ccccc2)CN1C(=O)C(NC(=O)c1nccnc1C(=O)O)C1CCCCC1)C(=O)C(=O)NCC(=O)NC(C(N)=O)c1ccccc1. The van der Waals surface area contributed by atoms with Crippen molar-refractivity contribution in [2.75, 3.05) is 13.1 Å². The first-order valence-electron chi connectivity index (χ1n) is 20.4. The Balaban J connectivity index is 1.34. The highest BCUT2D eigenvalue weighted by Crippen LogP contribution is 2.31. The number of aromatic nitrogens is 2. The molecule has 3 unspecified atom stereocenters. The summed E-state index contributed by atoms with van der Waals surface area (Å²) in [4.78, 5) is 115.